The highest BCUT2D eigenvalue weighted by molar-refractivity contribution is 5.90. The summed E-state index contributed by atoms with van der Waals surface area (Å²) in [7, 11) is 3.11. The summed E-state index contributed by atoms with van der Waals surface area (Å²) >= 11 is 0. The Hall–Kier alpha value is -1.94. The number of ether oxygens (including phenoxy) is 1. The van der Waals surface area contributed by atoms with Crippen LogP contribution in [0.3, 0.4) is 0 Å². The van der Waals surface area contributed by atoms with E-state index in [1.807, 2.05) is 24.3 Å². The summed E-state index contributed by atoms with van der Waals surface area (Å²) in [5.74, 6) is -0.314. The molecule has 0 aliphatic heterocycles. The summed E-state index contributed by atoms with van der Waals surface area (Å²) in [4.78, 5) is 15.8. The fraction of sp³-hybridized carbons (Fsp3) is 0.231. The molecular formula is C13H14N2O2. The number of hydrogen-bond acceptors (Lipinski definition) is 4. The molecule has 1 atom stereocenters. The summed E-state index contributed by atoms with van der Waals surface area (Å²) in [6.07, 6.45) is 3.48. The van der Waals surface area contributed by atoms with Crippen LogP contribution in [0.1, 0.15) is 11.6 Å². The van der Waals surface area contributed by atoms with Crippen LogP contribution in [0.2, 0.25) is 0 Å². The van der Waals surface area contributed by atoms with Gasteiger partial charge in [0.2, 0.25) is 0 Å². The molecule has 17 heavy (non-hydrogen) atoms. The van der Waals surface area contributed by atoms with Gasteiger partial charge in [0.25, 0.3) is 0 Å². The molecule has 1 aromatic heterocycles. The van der Waals surface area contributed by atoms with Gasteiger partial charge < -0.3 is 10.1 Å². The van der Waals surface area contributed by atoms with E-state index >= 15 is 0 Å². The number of esters is 1. The Labute approximate surface area is 99.6 Å². The maximum atomic E-state index is 11.7. The molecule has 2 rings (SSSR count). The molecule has 0 spiro atoms. The SMILES string of the molecule is CNC(C(=O)OC)c1cncc2ccccc12. The Morgan fingerprint density at radius 2 is 2.12 bits per heavy atom. The molecule has 4 heteroatoms. The van der Waals surface area contributed by atoms with Crippen molar-refractivity contribution in [2.75, 3.05) is 14.2 Å². The van der Waals surface area contributed by atoms with E-state index in [2.05, 4.69) is 10.3 Å². The second kappa shape index (κ2) is 4.93. The zero-order valence-electron chi connectivity index (χ0n) is 9.81. The fourth-order valence-corrected chi connectivity index (χ4v) is 1.89. The highest BCUT2D eigenvalue weighted by Gasteiger charge is 2.21. The van der Waals surface area contributed by atoms with Crippen molar-refractivity contribution in [2.45, 2.75) is 6.04 Å². The monoisotopic (exact) mass is 230 g/mol. The lowest BCUT2D eigenvalue weighted by Crippen LogP contribution is -2.26. The Kier molecular flexibility index (Phi) is 3.35. The standard InChI is InChI=1S/C13H14N2O2/c1-14-12(13(16)17-2)11-8-15-7-9-5-3-4-6-10(9)11/h3-8,12,14H,1-2H3. The number of nitrogens with one attached hydrogen (secondary N) is 1. The number of rotatable bonds is 3. The quantitative estimate of drug-likeness (QED) is 0.815. The lowest BCUT2D eigenvalue weighted by molar-refractivity contribution is -0.143. The van der Waals surface area contributed by atoms with Crippen molar-refractivity contribution in [1.29, 1.82) is 0 Å². The van der Waals surface area contributed by atoms with E-state index in [0.717, 1.165) is 16.3 Å². The summed E-state index contributed by atoms with van der Waals surface area (Å²) < 4.78 is 4.78. The molecule has 88 valence electrons. The predicted octanol–water partition coefficient (Wildman–Crippen LogP) is 1.67. The smallest absolute Gasteiger partial charge is 0.327 e. The summed E-state index contributed by atoms with van der Waals surface area (Å²) in [6.45, 7) is 0. The van der Waals surface area contributed by atoms with Crippen LogP contribution < -0.4 is 5.32 Å². The predicted molar refractivity (Wildman–Crippen MR) is 65.6 cm³/mol. The molecule has 0 bridgehead atoms. The van der Waals surface area contributed by atoms with Crippen LogP contribution in [0.5, 0.6) is 0 Å². The molecular weight excluding hydrogens is 216 g/mol. The minimum atomic E-state index is -0.487. The number of benzene rings is 1. The second-order valence-electron chi connectivity index (χ2n) is 3.69. The normalized spacial score (nSPS) is 12.4. The average molecular weight is 230 g/mol. The number of carbonyl (C=O) groups is 1. The highest BCUT2D eigenvalue weighted by Crippen LogP contribution is 2.23. The largest absolute Gasteiger partial charge is 0.468 e. The summed E-state index contributed by atoms with van der Waals surface area (Å²) in [6, 6.07) is 7.34. The van der Waals surface area contributed by atoms with Gasteiger partial charge in [-0.15, -0.1) is 0 Å². The van der Waals surface area contributed by atoms with Crippen LogP contribution in [-0.4, -0.2) is 25.1 Å². The Morgan fingerprint density at radius 1 is 1.35 bits per heavy atom. The number of pyridine rings is 1. The van der Waals surface area contributed by atoms with Crippen LogP contribution in [0, 0.1) is 0 Å². The number of methoxy groups -OCH3 is 1. The van der Waals surface area contributed by atoms with E-state index in [-0.39, 0.29) is 5.97 Å². The van der Waals surface area contributed by atoms with E-state index < -0.39 is 6.04 Å². The Balaban J connectivity index is 2.57. The lowest BCUT2D eigenvalue weighted by atomic mass is 10.0. The zero-order chi connectivity index (χ0) is 12.3. The van der Waals surface area contributed by atoms with Gasteiger partial charge in [-0.2, -0.15) is 0 Å². The molecule has 0 aliphatic rings. The number of fused-ring (bicyclic) bond motifs is 1. The van der Waals surface area contributed by atoms with Crippen LogP contribution in [0.25, 0.3) is 10.8 Å². The van der Waals surface area contributed by atoms with Crippen molar-refractivity contribution in [3.63, 3.8) is 0 Å². The van der Waals surface area contributed by atoms with Crippen molar-refractivity contribution in [3.05, 3.63) is 42.2 Å². The highest BCUT2D eigenvalue weighted by atomic mass is 16.5. The molecule has 1 N–H and O–H groups in total. The zero-order valence-corrected chi connectivity index (χ0v) is 9.81. The Bertz CT molecular complexity index is 534. The maximum absolute atomic E-state index is 11.7. The minimum Gasteiger partial charge on any atom is -0.468 e. The molecule has 0 radical (unpaired) electrons. The van der Waals surface area contributed by atoms with E-state index in [0.29, 0.717) is 0 Å². The van der Waals surface area contributed by atoms with Crippen molar-refractivity contribution in [2.24, 2.45) is 0 Å². The van der Waals surface area contributed by atoms with Gasteiger partial charge >= 0.3 is 5.97 Å². The number of carbonyl (C=O) groups excluding carboxylic acids is 1. The van der Waals surface area contributed by atoms with E-state index in [1.165, 1.54) is 7.11 Å². The second-order valence-corrected chi connectivity index (χ2v) is 3.69. The molecule has 0 aliphatic carbocycles. The van der Waals surface area contributed by atoms with Crippen molar-refractivity contribution < 1.29 is 9.53 Å². The number of nitrogens with zero attached hydrogens (tertiary/aromatic N) is 1. The first-order valence-electron chi connectivity index (χ1n) is 5.35. The number of likely N-dealkylation sites (N-methyl/N-ethyl adjacent to an activating group) is 1. The average Bonchev–Trinajstić information content (AvgIpc) is 2.39. The van der Waals surface area contributed by atoms with Gasteiger partial charge in [0, 0.05) is 23.3 Å². The summed E-state index contributed by atoms with van der Waals surface area (Å²) in [5, 5.41) is 4.96. The molecule has 0 fully saturated rings. The molecule has 0 saturated heterocycles. The van der Waals surface area contributed by atoms with Crippen molar-refractivity contribution in [3.8, 4) is 0 Å². The molecule has 1 aromatic carbocycles. The topological polar surface area (TPSA) is 51.2 Å². The van der Waals surface area contributed by atoms with E-state index in [9.17, 15) is 4.79 Å². The molecule has 1 unspecified atom stereocenters. The fourth-order valence-electron chi connectivity index (χ4n) is 1.89. The van der Waals surface area contributed by atoms with Gasteiger partial charge in [-0.05, 0) is 12.4 Å². The molecule has 2 aromatic rings. The van der Waals surface area contributed by atoms with Gasteiger partial charge in [-0.25, -0.2) is 4.79 Å². The van der Waals surface area contributed by atoms with Crippen LogP contribution in [0.15, 0.2) is 36.7 Å². The van der Waals surface area contributed by atoms with Crippen molar-refractivity contribution >= 4 is 16.7 Å². The third-order valence-corrected chi connectivity index (χ3v) is 2.74. The molecule has 0 saturated carbocycles. The number of aromatic nitrogens is 1. The van der Waals surface area contributed by atoms with Gasteiger partial charge in [0.15, 0.2) is 0 Å². The van der Waals surface area contributed by atoms with Gasteiger partial charge in [-0.1, -0.05) is 24.3 Å². The van der Waals surface area contributed by atoms with E-state index in [4.69, 9.17) is 4.74 Å². The van der Waals surface area contributed by atoms with Crippen molar-refractivity contribution in [1.82, 2.24) is 10.3 Å². The third kappa shape index (κ3) is 2.12. The minimum absolute atomic E-state index is 0.314. The van der Waals surface area contributed by atoms with Crippen LogP contribution in [-0.2, 0) is 9.53 Å². The lowest BCUT2D eigenvalue weighted by Gasteiger charge is -2.15. The number of hydrogen-bond donors (Lipinski definition) is 1. The molecule has 1 heterocycles. The summed E-state index contributed by atoms with van der Waals surface area (Å²) in [5.41, 5.74) is 0.831. The first kappa shape index (κ1) is 11.5. The van der Waals surface area contributed by atoms with E-state index in [1.54, 1.807) is 19.4 Å². The molecule has 0 amide bonds. The van der Waals surface area contributed by atoms with Gasteiger partial charge in [0.05, 0.1) is 7.11 Å². The Morgan fingerprint density at radius 3 is 2.82 bits per heavy atom. The first-order valence-corrected chi connectivity index (χ1v) is 5.35. The van der Waals surface area contributed by atoms with Crippen LogP contribution >= 0.6 is 0 Å². The first-order chi connectivity index (χ1) is 8.27. The maximum Gasteiger partial charge on any atom is 0.327 e. The van der Waals surface area contributed by atoms with Gasteiger partial charge in [0.1, 0.15) is 6.04 Å². The third-order valence-electron chi connectivity index (χ3n) is 2.74. The molecule has 4 nitrogen and oxygen atoms in total. The van der Waals surface area contributed by atoms with Crippen LogP contribution in [0.4, 0.5) is 0 Å². The van der Waals surface area contributed by atoms with Gasteiger partial charge in [-0.3, -0.25) is 4.98 Å².